The lowest BCUT2D eigenvalue weighted by Gasteiger charge is -2.12. The van der Waals surface area contributed by atoms with Gasteiger partial charge in [0.05, 0.1) is 16.6 Å². The van der Waals surface area contributed by atoms with Gasteiger partial charge < -0.3 is 5.11 Å². The van der Waals surface area contributed by atoms with Crippen LogP contribution in [0.15, 0.2) is 24.4 Å². The van der Waals surface area contributed by atoms with Crippen LogP contribution in [-0.4, -0.2) is 14.7 Å². The molecule has 0 amide bonds. The third kappa shape index (κ3) is 2.49. The van der Waals surface area contributed by atoms with Crippen LogP contribution in [0.2, 0.25) is 0 Å². The maximum atomic E-state index is 13.3. The Hall–Kier alpha value is -1.54. The van der Waals surface area contributed by atoms with E-state index < -0.39 is 23.7 Å². The zero-order valence-corrected chi connectivity index (χ0v) is 9.46. The molecule has 1 atom stereocenters. The van der Waals surface area contributed by atoms with E-state index in [4.69, 9.17) is 0 Å². The summed E-state index contributed by atoms with van der Waals surface area (Å²) in [5, 5.41) is 13.3. The highest BCUT2D eigenvalue weighted by molar-refractivity contribution is 7.05. The topological polar surface area (TPSA) is 46.0 Å². The highest BCUT2D eigenvalue weighted by atomic mass is 32.1. The molecule has 0 aliphatic carbocycles. The Kier molecular flexibility index (Phi) is 3.31. The van der Waals surface area contributed by atoms with Crippen molar-refractivity contribution >= 4 is 11.5 Å². The zero-order chi connectivity index (χ0) is 13.3. The number of aliphatic hydroxyl groups excluding tert-OH is 1. The first-order chi connectivity index (χ1) is 8.39. The van der Waals surface area contributed by atoms with Gasteiger partial charge in [-0.25, -0.2) is 4.39 Å². The molecule has 1 N–H and O–H groups in total. The van der Waals surface area contributed by atoms with Crippen molar-refractivity contribution in [2.45, 2.75) is 12.3 Å². The lowest BCUT2D eigenvalue weighted by Crippen LogP contribution is -2.09. The van der Waals surface area contributed by atoms with Crippen molar-refractivity contribution < 1.29 is 22.7 Å². The molecule has 3 nitrogen and oxygen atoms in total. The summed E-state index contributed by atoms with van der Waals surface area (Å²) in [5.41, 5.74) is -1.34. The fourth-order valence-corrected chi connectivity index (χ4v) is 1.91. The molecule has 0 aliphatic rings. The Bertz CT molecular complexity index is 541. The van der Waals surface area contributed by atoms with Crippen molar-refractivity contribution in [2.75, 3.05) is 0 Å². The Morgan fingerprint density at radius 2 is 2.00 bits per heavy atom. The van der Waals surface area contributed by atoms with Crippen LogP contribution >= 0.6 is 11.5 Å². The van der Waals surface area contributed by atoms with Gasteiger partial charge in [-0.2, -0.15) is 13.2 Å². The van der Waals surface area contributed by atoms with Gasteiger partial charge in [0.1, 0.15) is 11.9 Å². The van der Waals surface area contributed by atoms with E-state index in [1.807, 2.05) is 0 Å². The van der Waals surface area contributed by atoms with Crippen LogP contribution in [0.4, 0.5) is 17.6 Å². The van der Waals surface area contributed by atoms with Crippen molar-refractivity contribution in [3.63, 3.8) is 0 Å². The fraction of sp³-hybridized carbons (Fsp3) is 0.200. The number of halogens is 4. The molecular weight excluding hydrogens is 272 g/mol. The minimum Gasteiger partial charge on any atom is -0.383 e. The molecule has 0 radical (unpaired) electrons. The molecule has 0 spiro atoms. The van der Waals surface area contributed by atoms with Gasteiger partial charge in [0.15, 0.2) is 0 Å². The lowest BCUT2D eigenvalue weighted by molar-refractivity contribution is -0.140. The third-order valence-electron chi connectivity index (χ3n) is 2.26. The molecule has 2 aromatic rings. The molecule has 1 aromatic heterocycles. The smallest absolute Gasteiger partial charge is 0.383 e. The van der Waals surface area contributed by atoms with Crippen LogP contribution in [-0.2, 0) is 6.18 Å². The van der Waals surface area contributed by atoms with Gasteiger partial charge in [-0.05, 0) is 29.2 Å². The predicted octanol–water partition coefficient (Wildman–Crippen LogP) is 2.78. The molecular formula is C10H6F4N2OS. The predicted molar refractivity (Wildman–Crippen MR) is 55.4 cm³/mol. The van der Waals surface area contributed by atoms with E-state index in [9.17, 15) is 22.7 Å². The van der Waals surface area contributed by atoms with Crippen molar-refractivity contribution in [3.8, 4) is 0 Å². The molecule has 0 aliphatic heterocycles. The monoisotopic (exact) mass is 278 g/mol. The largest absolute Gasteiger partial charge is 0.419 e. The van der Waals surface area contributed by atoms with E-state index in [2.05, 4.69) is 9.59 Å². The fourth-order valence-electron chi connectivity index (χ4n) is 1.39. The minimum atomic E-state index is -4.75. The Labute approximate surface area is 103 Å². The first kappa shape index (κ1) is 12.9. The Morgan fingerprint density at radius 1 is 1.28 bits per heavy atom. The molecule has 1 unspecified atom stereocenters. The number of aromatic nitrogens is 2. The van der Waals surface area contributed by atoms with Crippen LogP contribution in [0, 0.1) is 5.82 Å². The van der Waals surface area contributed by atoms with Crippen molar-refractivity contribution in [2.24, 2.45) is 0 Å². The van der Waals surface area contributed by atoms with E-state index in [0.29, 0.717) is 17.0 Å². The summed E-state index contributed by atoms with van der Waals surface area (Å²) in [6, 6.07) is 2.28. The highest BCUT2D eigenvalue weighted by Crippen LogP contribution is 2.33. The quantitative estimate of drug-likeness (QED) is 0.859. The van der Waals surface area contributed by atoms with Gasteiger partial charge in [-0.15, -0.1) is 5.10 Å². The molecule has 8 heteroatoms. The van der Waals surface area contributed by atoms with Crippen LogP contribution in [0.3, 0.4) is 0 Å². The van der Waals surface area contributed by atoms with Crippen LogP contribution < -0.4 is 0 Å². The second-order valence-corrected chi connectivity index (χ2v) is 4.28. The molecule has 96 valence electrons. The number of hydrogen-bond donors (Lipinski definition) is 1. The van der Waals surface area contributed by atoms with Gasteiger partial charge in [0.25, 0.3) is 0 Å². The van der Waals surface area contributed by atoms with Crippen molar-refractivity contribution in [1.29, 1.82) is 0 Å². The van der Waals surface area contributed by atoms with Gasteiger partial charge in [-0.3, -0.25) is 0 Å². The van der Waals surface area contributed by atoms with E-state index >= 15 is 0 Å². The maximum Gasteiger partial charge on any atom is 0.419 e. The average Bonchev–Trinajstić information content (AvgIpc) is 2.79. The normalized spacial score (nSPS) is 13.6. The van der Waals surface area contributed by atoms with Crippen LogP contribution in [0.25, 0.3) is 0 Å². The summed E-state index contributed by atoms with van der Waals surface area (Å²) in [7, 11) is 0. The highest BCUT2D eigenvalue weighted by Gasteiger charge is 2.34. The second-order valence-electron chi connectivity index (χ2n) is 3.46. The summed E-state index contributed by atoms with van der Waals surface area (Å²) in [6.45, 7) is 0. The third-order valence-corrected chi connectivity index (χ3v) is 2.98. The van der Waals surface area contributed by atoms with E-state index in [-0.39, 0.29) is 5.56 Å². The van der Waals surface area contributed by atoms with Crippen molar-refractivity contribution in [3.05, 3.63) is 46.2 Å². The van der Waals surface area contributed by atoms with E-state index in [0.717, 1.165) is 17.6 Å². The molecule has 2 rings (SSSR count). The van der Waals surface area contributed by atoms with E-state index in [1.165, 1.54) is 6.20 Å². The van der Waals surface area contributed by atoms with Gasteiger partial charge >= 0.3 is 6.18 Å². The first-order valence-electron chi connectivity index (χ1n) is 4.71. The van der Waals surface area contributed by atoms with Crippen LogP contribution in [0.5, 0.6) is 0 Å². The number of alkyl halides is 3. The molecule has 1 heterocycles. The Balaban J connectivity index is 2.35. The molecule has 0 saturated heterocycles. The maximum absolute atomic E-state index is 13.3. The average molecular weight is 278 g/mol. The number of rotatable bonds is 2. The lowest BCUT2D eigenvalue weighted by atomic mass is 10.1. The summed E-state index contributed by atoms with van der Waals surface area (Å²) >= 11 is 0.886. The molecule has 1 aromatic carbocycles. The first-order valence-corrected chi connectivity index (χ1v) is 5.49. The van der Waals surface area contributed by atoms with E-state index in [1.54, 1.807) is 0 Å². The van der Waals surface area contributed by atoms with Gasteiger partial charge in [0, 0.05) is 0 Å². The zero-order valence-electron chi connectivity index (χ0n) is 8.65. The van der Waals surface area contributed by atoms with Crippen molar-refractivity contribution in [1.82, 2.24) is 9.59 Å². The SMILES string of the molecule is OC(c1ccc(C(F)(F)F)c(F)c1)c1cnns1. The second kappa shape index (κ2) is 4.62. The minimum absolute atomic E-state index is 0.0200. The van der Waals surface area contributed by atoms with Gasteiger partial charge in [-0.1, -0.05) is 10.6 Å². The molecule has 0 saturated carbocycles. The number of aliphatic hydroxyl groups is 1. The number of hydrogen-bond acceptors (Lipinski definition) is 4. The Morgan fingerprint density at radius 3 is 2.50 bits per heavy atom. The number of benzene rings is 1. The summed E-state index contributed by atoms with van der Waals surface area (Å²) in [6.07, 6.45) is -4.72. The number of nitrogens with zero attached hydrogens (tertiary/aromatic N) is 2. The van der Waals surface area contributed by atoms with Crippen LogP contribution in [0.1, 0.15) is 22.1 Å². The van der Waals surface area contributed by atoms with Gasteiger partial charge in [0.2, 0.25) is 0 Å². The molecule has 0 fully saturated rings. The summed E-state index contributed by atoms with van der Waals surface area (Å²) < 4.78 is 53.8. The molecule has 18 heavy (non-hydrogen) atoms. The standard InChI is InChI=1S/C10H6F4N2OS/c11-7-3-5(1-2-6(7)10(12,13)14)9(17)8-4-15-16-18-8/h1-4,9,17H. The molecule has 0 bridgehead atoms. The summed E-state index contributed by atoms with van der Waals surface area (Å²) in [5.74, 6) is -1.42. The summed E-state index contributed by atoms with van der Waals surface area (Å²) in [4.78, 5) is 0.328.